The van der Waals surface area contributed by atoms with E-state index in [0.29, 0.717) is 5.82 Å². The van der Waals surface area contributed by atoms with Crippen LogP contribution < -0.4 is 0 Å². The van der Waals surface area contributed by atoms with Crippen LogP contribution in [-0.2, 0) is 5.41 Å². The Hall–Kier alpha value is -8.20. The van der Waals surface area contributed by atoms with E-state index in [9.17, 15) is 0 Å². The molecule has 2 nitrogen and oxygen atoms in total. The molecular formula is C61H40N2. The molecule has 0 aliphatic heterocycles. The molecule has 0 atom stereocenters. The Bertz CT molecular complexity index is 3450. The molecule has 10 aromatic carbocycles. The highest BCUT2D eigenvalue weighted by atomic mass is 14.9. The summed E-state index contributed by atoms with van der Waals surface area (Å²) >= 11 is 0. The summed E-state index contributed by atoms with van der Waals surface area (Å²) in [5, 5.41) is 4.85. The van der Waals surface area contributed by atoms with Crippen LogP contribution in [0.1, 0.15) is 22.3 Å². The molecule has 0 N–H and O–H groups in total. The van der Waals surface area contributed by atoms with E-state index in [2.05, 4.69) is 224 Å². The molecule has 1 aliphatic rings. The SMILES string of the molecule is c1ccc(-c2cccc(-c3cc(-c4ccc(-c5ccc6c(c5)-c5ccc7ccccc7c5C6(c5ccccc5)c5ccccc5)c5ccccc45)nc(-c4ccccc4)n3)c2)cc1. The van der Waals surface area contributed by atoms with Crippen LogP contribution in [0.2, 0.25) is 0 Å². The van der Waals surface area contributed by atoms with Crippen molar-refractivity contribution in [1.29, 1.82) is 0 Å². The van der Waals surface area contributed by atoms with Crippen LogP contribution in [-0.4, -0.2) is 9.97 Å². The fourth-order valence-corrected chi connectivity index (χ4v) is 10.2. The zero-order valence-corrected chi connectivity index (χ0v) is 34.5. The fraction of sp³-hybridized carbons (Fsp3) is 0.0164. The van der Waals surface area contributed by atoms with Crippen molar-refractivity contribution >= 4 is 21.5 Å². The lowest BCUT2D eigenvalue weighted by molar-refractivity contribution is 0.775. The van der Waals surface area contributed by atoms with Gasteiger partial charge in [-0.2, -0.15) is 0 Å². The second-order valence-electron chi connectivity index (χ2n) is 16.4. The third-order valence-electron chi connectivity index (χ3n) is 13.0. The smallest absolute Gasteiger partial charge is 0.160 e. The third-order valence-corrected chi connectivity index (χ3v) is 13.0. The number of hydrogen-bond donors (Lipinski definition) is 0. The lowest BCUT2D eigenvalue weighted by Crippen LogP contribution is -2.28. The van der Waals surface area contributed by atoms with Crippen LogP contribution in [0.5, 0.6) is 0 Å². The van der Waals surface area contributed by atoms with Gasteiger partial charge in [0, 0.05) is 16.7 Å². The molecule has 12 rings (SSSR count). The Morgan fingerprint density at radius 3 is 1.54 bits per heavy atom. The van der Waals surface area contributed by atoms with Crippen molar-refractivity contribution in [3.8, 4) is 67.3 Å². The van der Waals surface area contributed by atoms with Crippen molar-refractivity contribution in [1.82, 2.24) is 9.97 Å². The zero-order valence-electron chi connectivity index (χ0n) is 34.5. The molecule has 0 bridgehead atoms. The standard InChI is InChI=1S/C61H40N2/c1-5-18-41(19-6-1)44-23-17-24-46(38-44)57-40-58(63-60(62-57)43-21-7-2-8-22-43)53-36-35-49(51-30-15-16-31-52(51)53)45-33-37-56-55(39-45)54-34-32-42-20-13-14-29-50(42)59(54)61(56,47-25-9-3-10-26-47)48-27-11-4-12-28-48/h1-40H. The van der Waals surface area contributed by atoms with E-state index in [4.69, 9.17) is 9.97 Å². The van der Waals surface area contributed by atoms with Crippen molar-refractivity contribution in [2.45, 2.75) is 5.41 Å². The summed E-state index contributed by atoms with van der Waals surface area (Å²) in [5.41, 5.74) is 16.8. The van der Waals surface area contributed by atoms with Crippen LogP contribution in [0.15, 0.2) is 243 Å². The van der Waals surface area contributed by atoms with Crippen molar-refractivity contribution in [3.05, 3.63) is 265 Å². The van der Waals surface area contributed by atoms with E-state index >= 15 is 0 Å². The first kappa shape index (κ1) is 36.6. The second kappa shape index (κ2) is 15.1. The van der Waals surface area contributed by atoms with Gasteiger partial charge in [-0.05, 0) is 95.4 Å². The monoisotopic (exact) mass is 800 g/mol. The van der Waals surface area contributed by atoms with Gasteiger partial charge in [0.2, 0.25) is 0 Å². The first-order valence-corrected chi connectivity index (χ1v) is 21.6. The number of nitrogens with zero attached hydrogens (tertiary/aromatic N) is 2. The quantitative estimate of drug-likeness (QED) is 0.160. The minimum atomic E-state index is -0.500. The molecule has 0 radical (unpaired) electrons. The van der Waals surface area contributed by atoms with Crippen molar-refractivity contribution in [3.63, 3.8) is 0 Å². The van der Waals surface area contributed by atoms with E-state index in [1.807, 2.05) is 18.2 Å². The predicted octanol–water partition coefficient (Wildman–Crippen LogP) is 15.5. The highest BCUT2D eigenvalue weighted by Gasteiger charge is 2.47. The third kappa shape index (κ3) is 6.02. The van der Waals surface area contributed by atoms with Gasteiger partial charge in [-0.15, -0.1) is 0 Å². The van der Waals surface area contributed by atoms with Crippen molar-refractivity contribution in [2.24, 2.45) is 0 Å². The molecule has 63 heavy (non-hydrogen) atoms. The molecule has 1 aliphatic carbocycles. The highest BCUT2D eigenvalue weighted by Crippen LogP contribution is 2.58. The molecule has 1 heterocycles. The summed E-state index contributed by atoms with van der Waals surface area (Å²) in [5.74, 6) is 0.700. The van der Waals surface area contributed by atoms with Crippen molar-refractivity contribution in [2.75, 3.05) is 0 Å². The maximum Gasteiger partial charge on any atom is 0.160 e. The maximum absolute atomic E-state index is 5.29. The first-order chi connectivity index (χ1) is 31.2. The Kier molecular flexibility index (Phi) is 8.76. The second-order valence-corrected chi connectivity index (χ2v) is 16.4. The number of hydrogen-bond acceptors (Lipinski definition) is 2. The summed E-state index contributed by atoms with van der Waals surface area (Å²) in [7, 11) is 0. The van der Waals surface area contributed by atoms with Gasteiger partial charge < -0.3 is 0 Å². The molecule has 0 saturated carbocycles. The van der Waals surface area contributed by atoms with Gasteiger partial charge in [-0.1, -0.05) is 224 Å². The van der Waals surface area contributed by atoms with Gasteiger partial charge >= 0.3 is 0 Å². The van der Waals surface area contributed by atoms with Gasteiger partial charge in [0.1, 0.15) is 0 Å². The van der Waals surface area contributed by atoms with E-state index in [0.717, 1.165) is 39.0 Å². The average molecular weight is 801 g/mol. The molecule has 0 spiro atoms. The maximum atomic E-state index is 5.29. The zero-order chi connectivity index (χ0) is 41.7. The number of benzene rings is 10. The summed E-state index contributed by atoms with van der Waals surface area (Å²) in [4.78, 5) is 10.5. The Morgan fingerprint density at radius 1 is 0.286 bits per heavy atom. The summed E-state index contributed by atoms with van der Waals surface area (Å²) < 4.78 is 0. The molecule has 0 fully saturated rings. The summed E-state index contributed by atoms with van der Waals surface area (Å²) in [6.07, 6.45) is 0. The molecule has 0 amide bonds. The van der Waals surface area contributed by atoms with Crippen LogP contribution in [0.25, 0.3) is 88.8 Å². The molecule has 11 aromatic rings. The normalized spacial score (nSPS) is 12.6. The van der Waals surface area contributed by atoms with E-state index < -0.39 is 5.41 Å². The van der Waals surface area contributed by atoms with Crippen LogP contribution in [0.3, 0.4) is 0 Å². The Labute approximate surface area is 367 Å². The Balaban J connectivity index is 1.05. The average Bonchev–Trinajstić information content (AvgIpc) is 3.68. The highest BCUT2D eigenvalue weighted by molar-refractivity contribution is 6.06. The summed E-state index contributed by atoms with van der Waals surface area (Å²) in [6, 6.07) is 87.8. The van der Waals surface area contributed by atoms with Gasteiger partial charge in [-0.3, -0.25) is 0 Å². The molecule has 0 saturated heterocycles. The topological polar surface area (TPSA) is 25.8 Å². The van der Waals surface area contributed by atoms with Gasteiger partial charge in [0.25, 0.3) is 0 Å². The molecule has 0 unspecified atom stereocenters. The lowest BCUT2D eigenvalue weighted by Gasteiger charge is -2.34. The van der Waals surface area contributed by atoms with Gasteiger partial charge in [0.05, 0.1) is 16.8 Å². The molecule has 2 heteroatoms. The Morgan fingerprint density at radius 2 is 0.825 bits per heavy atom. The van der Waals surface area contributed by atoms with Crippen molar-refractivity contribution < 1.29 is 0 Å². The number of fused-ring (bicyclic) bond motifs is 6. The lowest BCUT2D eigenvalue weighted by atomic mass is 9.66. The fourth-order valence-electron chi connectivity index (χ4n) is 10.2. The van der Waals surface area contributed by atoms with Gasteiger partial charge in [-0.25, -0.2) is 9.97 Å². The summed E-state index contributed by atoms with van der Waals surface area (Å²) in [6.45, 7) is 0. The van der Waals surface area contributed by atoms with E-state index in [1.165, 1.54) is 66.2 Å². The van der Waals surface area contributed by atoms with Crippen LogP contribution in [0.4, 0.5) is 0 Å². The van der Waals surface area contributed by atoms with E-state index in [1.54, 1.807) is 0 Å². The molecular weight excluding hydrogens is 761 g/mol. The number of rotatable bonds is 7. The minimum absolute atomic E-state index is 0.500. The largest absolute Gasteiger partial charge is 0.228 e. The minimum Gasteiger partial charge on any atom is -0.228 e. The first-order valence-electron chi connectivity index (χ1n) is 21.6. The molecule has 294 valence electrons. The van der Waals surface area contributed by atoms with Crippen LogP contribution in [0, 0.1) is 0 Å². The predicted molar refractivity (Wildman–Crippen MR) is 262 cm³/mol. The molecule has 1 aromatic heterocycles. The van der Waals surface area contributed by atoms with E-state index in [-0.39, 0.29) is 0 Å². The van der Waals surface area contributed by atoms with Crippen LogP contribution >= 0.6 is 0 Å². The number of aromatic nitrogens is 2. The van der Waals surface area contributed by atoms with Gasteiger partial charge in [0.15, 0.2) is 5.82 Å².